The summed E-state index contributed by atoms with van der Waals surface area (Å²) in [7, 11) is 3.77. The number of piperidine rings is 1. The van der Waals surface area contributed by atoms with E-state index in [2.05, 4.69) is 29.4 Å². The molecule has 1 amide bonds. The summed E-state index contributed by atoms with van der Waals surface area (Å²) in [5.41, 5.74) is 1.25. The first kappa shape index (κ1) is 15.8. The van der Waals surface area contributed by atoms with Gasteiger partial charge in [-0.15, -0.1) is 0 Å². The van der Waals surface area contributed by atoms with E-state index in [1.54, 1.807) is 7.11 Å². The van der Waals surface area contributed by atoms with Gasteiger partial charge in [0.05, 0.1) is 13.0 Å². The highest BCUT2D eigenvalue weighted by Crippen LogP contribution is 2.15. The molecular formula is C17H26N2O2. The Hall–Kier alpha value is -1.55. The summed E-state index contributed by atoms with van der Waals surface area (Å²) < 4.78 is 5.21. The first-order valence-corrected chi connectivity index (χ1v) is 7.78. The largest absolute Gasteiger partial charge is 0.497 e. The topological polar surface area (TPSA) is 41.6 Å². The quantitative estimate of drug-likeness (QED) is 0.816. The SMILES string of the molecule is COc1cccc(CCCNC(=O)[C@@H]2CCCN(C)C2)c1. The average molecular weight is 290 g/mol. The second-order valence-corrected chi connectivity index (χ2v) is 5.85. The predicted molar refractivity (Wildman–Crippen MR) is 84.5 cm³/mol. The third kappa shape index (κ3) is 5.05. The van der Waals surface area contributed by atoms with Crippen LogP contribution in [0.5, 0.6) is 5.75 Å². The molecule has 2 rings (SSSR count). The van der Waals surface area contributed by atoms with Crippen molar-refractivity contribution < 1.29 is 9.53 Å². The van der Waals surface area contributed by atoms with Crippen molar-refractivity contribution in [3.05, 3.63) is 29.8 Å². The number of methoxy groups -OCH3 is 1. The van der Waals surface area contributed by atoms with Crippen LogP contribution >= 0.6 is 0 Å². The Kier molecular flexibility index (Phi) is 6.05. The lowest BCUT2D eigenvalue weighted by Crippen LogP contribution is -2.41. The van der Waals surface area contributed by atoms with Crippen LogP contribution in [0.3, 0.4) is 0 Å². The number of hydrogen-bond donors (Lipinski definition) is 1. The lowest BCUT2D eigenvalue weighted by molar-refractivity contribution is -0.126. The van der Waals surface area contributed by atoms with Gasteiger partial charge in [-0.3, -0.25) is 4.79 Å². The number of nitrogens with one attached hydrogen (secondary N) is 1. The molecule has 1 aromatic rings. The first-order chi connectivity index (χ1) is 10.2. The normalized spacial score (nSPS) is 19.2. The van der Waals surface area contributed by atoms with E-state index in [0.29, 0.717) is 0 Å². The average Bonchev–Trinajstić information content (AvgIpc) is 2.51. The molecule has 0 bridgehead atoms. The highest BCUT2D eigenvalue weighted by Gasteiger charge is 2.23. The van der Waals surface area contributed by atoms with Gasteiger partial charge in [-0.2, -0.15) is 0 Å². The molecule has 1 atom stereocenters. The Balaban J connectivity index is 1.68. The summed E-state index contributed by atoms with van der Waals surface area (Å²) in [5, 5.41) is 3.07. The van der Waals surface area contributed by atoms with Gasteiger partial charge in [-0.1, -0.05) is 12.1 Å². The molecule has 0 radical (unpaired) electrons. The monoisotopic (exact) mass is 290 g/mol. The van der Waals surface area contributed by atoms with E-state index in [-0.39, 0.29) is 11.8 Å². The van der Waals surface area contributed by atoms with E-state index in [1.807, 2.05) is 12.1 Å². The molecule has 1 aromatic carbocycles. The number of ether oxygens (including phenoxy) is 1. The lowest BCUT2D eigenvalue weighted by Gasteiger charge is -2.28. The van der Waals surface area contributed by atoms with E-state index >= 15 is 0 Å². The number of likely N-dealkylation sites (tertiary alicyclic amines) is 1. The van der Waals surface area contributed by atoms with E-state index < -0.39 is 0 Å². The van der Waals surface area contributed by atoms with Crippen molar-refractivity contribution in [2.45, 2.75) is 25.7 Å². The standard InChI is InChI=1S/C17H26N2O2/c1-19-11-5-8-15(13-19)17(20)18-10-4-7-14-6-3-9-16(12-14)21-2/h3,6,9,12,15H,4-5,7-8,10-11,13H2,1-2H3,(H,18,20)/t15-/m1/s1. The van der Waals surface area contributed by atoms with E-state index in [9.17, 15) is 4.79 Å². The van der Waals surface area contributed by atoms with Gasteiger partial charge in [0, 0.05) is 13.1 Å². The Morgan fingerprint density at radius 2 is 2.33 bits per heavy atom. The van der Waals surface area contributed by atoms with Gasteiger partial charge in [-0.05, 0) is 57.0 Å². The summed E-state index contributed by atoms with van der Waals surface area (Å²) in [5.74, 6) is 1.27. The van der Waals surface area contributed by atoms with Crippen molar-refractivity contribution in [2.75, 3.05) is 33.8 Å². The lowest BCUT2D eigenvalue weighted by atomic mass is 9.97. The summed E-state index contributed by atoms with van der Waals surface area (Å²) >= 11 is 0. The molecule has 1 fully saturated rings. The first-order valence-electron chi connectivity index (χ1n) is 7.78. The molecule has 0 aromatic heterocycles. The second-order valence-electron chi connectivity index (χ2n) is 5.85. The molecule has 1 aliphatic heterocycles. The Bertz CT molecular complexity index is 462. The summed E-state index contributed by atoms with van der Waals surface area (Å²) in [6, 6.07) is 8.10. The minimum absolute atomic E-state index is 0.167. The maximum Gasteiger partial charge on any atom is 0.224 e. The summed E-state index contributed by atoms with van der Waals surface area (Å²) in [6.45, 7) is 2.75. The number of aryl methyl sites for hydroxylation is 1. The van der Waals surface area contributed by atoms with Crippen molar-refractivity contribution in [1.82, 2.24) is 10.2 Å². The zero-order valence-electron chi connectivity index (χ0n) is 13.1. The third-order valence-corrected chi connectivity index (χ3v) is 4.07. The molecule has 116 valence electrons. The number of carbonyl (C=O) groups excluding carboxylic acids is 1. The fourth-order valence-corrected chi connectivity index (χ4v) is 2.86. The minimum Gasteiger partial charge on any atom is -0.497 e. The van der Waals surface area contributed by atoms with Gasteiger partial charge in [0.15, 0.2) is 0 Å². The van der Waals surface area contributed by atoms with Crippen LogP contribution in [-0.2, 0) is 11.2 Å². The number of hydrogen-bond acceptors (Lipinski definition) is 3. The van der Waals surface area contributed by atoms with Gasteiger partial charge >= 0.3 is 0 Å². The zero-order chi connectivity index (χ0) is 15.1. The van der Waals surface area contributed by atoms with Gasteiger partial charge in [-0.25, -0.2) is 0 Å². The highest BCUT2D eigenvalue weighted by atomic mass is 16.5. The molecule has 1 aliphatic rings. The molecule has 1 N–H and O–H groups in total. The molecular weight excluding hydrogens is 264 g/mol. The van der Waals surface area contributed by atoms with Crippen molar-refractivity contribution in [2.24, 2.45) is 5.92 Å². The second kappa shape index (κ2) is 8.03. The van der Waals surface area contributed by atoms with Crippen LogP contribution in [0.25, 0.3) is 0 Å². The van der Waals surface area contributed by atoms with Crippen molar-refractivity contribution in [1.29, 1.82) is 0 Å². The molecule has 0 saturated carbocycles. The van der Waals surface area contributed by atoms with E-state index in [4.69, 9.17) is 4.74 Å². The zero-order valence-corrected chi connectivity index (χ0v) is 13.1. The van der Waals surface area contributed by atoms with Crippen LogP contribution in [0.15, 0.2) is 24.3 Å². The maximum absolute atomic E-state index is 12.1. The molecule has 1 saturated heterocycles. The number of carbonyl (C=O) groups is 1. The molecule has 0 unspecified atom stereocenters. The highest BCUT2D eigenvalue weighted by molar-refractivity contribution is 5.78. The third-order valence-electron chi connectivity index (χ3n) is 4.07. The number of benzene rings is 1. The Morgan fingerprint density at radius 3 is 3.10 bits per heavy atom. The molecule has 1 heterocycles. The van der Waals surface area contributed by atoms with Crippen LogP contribution < -0.4 is 10.1 Å². The van der Waals surface area contributed by atoms with Crippen LogP contribution in [0.1, 0.15) is 24.8 Å². The van der Waals surface area contributed by atoms with Gasteiger partial charge in [0.2, 0.25) is 5.91 Å². The Labute approximate surface area is 127 Å². The summed E-state index contributed by atoms with van der Waals surface area (Å²) in [6.07, 6.45) is 4.06. The molecule has 0 aliphatic carbocycles. The minimum atomic E-state index is 0.167. The number of nitrogens with zero attached hydrogens (tertiary/aromatic N) is 1. The maximum atomic E-state index is 12.1. The molecule has 4 nitrogen and oxygen atoms in total. The number of rotatable bonds is 6. The summed E-state index contributed by atoms with van der Waals surface area (Å²) in [4.78, 5) is 14.3. The van der Waals surface area contributed by atoms with Gasteiger partial charge in [0.25, 0.3) is 0 Å². The van der Waals surface area contributed by atoms with Crippen LogP contribution in [0, 0.1) is 5.92 Å². The Morgan fingerprint density at radius 1 is 1.48 bits per heavy atom. The van der Waals surface area contributed by atoms with Crippen molar-refractivity contribution in [3.8, 4) is 5.75 Å². The van der Waals surface area contributed by atoms with Gasteiger partial charge < -0.3 is 15.0 Å². The van der Waals surface area contributed by atoms with E-state index in [0.717, 1.165) is 51.1 Å². The van der Waals surface area contributed by atoms with Gasteiger partial charge in [0.1, 0.15) is 5.75 Å². The molecule has 4 heteroatoms. The predicted octanol–water partition coefficient (Wildman–Crippen LogP) is 2.09. The molecule has 21 heavy (non-hydrogen) atoms. The molecule has 0 spiro atoms. The smallest absolute Gasteiger partial charge is 0.224 e. The van der Waals surface area contributed by atoms with Crippen molar-refractivity contribution in [3.63, 3.8) is 0 Å². The fraction of sp³-hybridized carbons (Fsp3) is 0.588. The van der Waals surface area contributed by atoms with Crippen molar-refractivity contribution >= 4 is 5.91 Å². The van der Waals surface area contributed by atoms with Crippen LogP contribution in [0.4, 0.5) is 0 Å². The van der Waals surface area contributed by atoms with Crippen LogP contribution in [0.2, 0.25) is 0 Å². The number of amides is 1. The van der Waals surface area contributed by atoms with E-state index in [1.165, 1.54) is 5.56 Å². The van der Waals surface area contributed by atoms with Crippen LogP contribution in [-0.4, -0.2) is 44.6 Å². The fourth-order valence-electron chi connectivity index (χ4n) is 2.86.